The van der Waals surface area contributed by atoms with Crippen molar-refractivity contribution in [2.45, 2.75) is 25.4 Å². The molecule has 2 aromatic carbocycles. The first-order valence-corrected chi connectivity index (χ1v) is 7.41. The molecule has 1 aliphatic heterocycles. The molecule has 2 heteroatoms. The molecule has 0 saturated carbocycles. The SMILES string of the molecule is NCC(Cc1ccccc1)N1CCc2ccccc2C1. The van der Waals surface area contributed by atoms with E-state index >= 15 is 0 Å². The van der Waals surface area contributed by atoms with Crippen LogP contribution in [0.15, 0.2) is 54.6 Å². The van der Waals surface area contributed by atoms with Crippen molar-refractivity contribution in [2.24, 2.45) is 5.73 Å². The molecule has 0 radical (unpaired) electrons. The maximum absolute atomic E-state index is 6.03. The molecule has 0 saturated heterocycles. The van der Waals surface area contributed by atoms with Crippen LogP contribution < -0.4 is 5.73 Å². The zero-order valence-electron chi connectivity index (χ0n) is 11.8. The average Bonchev–Trinajstić information content (AvgIpc) is 2.53. The molecule has 0 aliphatic carbocycles. The van der Waals surface area contributed by atoms with E-state index in [9.17, 15) is 0 Å². The fraction of sp³-hybridized carbons (Fsp3) is 0.333. The molecule has 1 heterocycles. The summed E-state index contributed by atoms with van der Waals surface area (Å²) in [4.78, 5) is 2.54. The van der Waals surface area contributed by atoms with E-state index in [1.165, 1.54) is 16.7 Å². The third-order valence-electron chi connectivity index (χ3n) is 4.26. The van der Waals surface area contributed by atoms with Crippen molar-refractivity contribution in [3.63, 3.8) is 0 Å². The molecule has 0 bridgehead atoms. The van der Waals surface area contributed by atoms with Gasteiger partial charge in [0.05, 0.1) is 0 Å². The summed E-state index contributed by atoms with van der Waals surface area (Å²) >= 11 is 0. The van der Waals surface area contributed by atoms with Crippen LogP contribution in [0.5, 0.6) is 0 Å². The van der Waals surface area contributed by atoms with E-state index in [1.54, 1.807) is 0 Å². The van der Waals surface area contributed by atoms with Crippen molar-refractivity contribution < 1.29 is 0 Å². The molecule has 0 fully saturated rings. The highest BCUT2D eigenvalue weighted by molar-refractivity contribution is 5.29. The van der Waals surface area contributed by atoms with Crippen molar-refractivity contribution in [2.75, 3.05) is 13.1 Å². The predicted molar refractivity (Wildman–Crippen MR) is 83.5 cm³/mol. The first-order valence-electron chi connectivity index (χ1n) is 7.41. The Morgan fingerprint density at radius 1 is 0.950 bits per heavy atom. The molecule has 2 aromatic rings. The van der Waals surface area contributed by atoms with Gasteiger partial charge >= 0.3 is 0 Å². The quantitative estimate of drug-likeness (QED) is 0.921. The normalized spacial score (nSPS) is 16.6. The van der Waals surface area contributed by atoms with Crippen molar-refractivity contribution >= 4 is 0 Å². The van der Waals surface area contributed by atoms with E-state index in [0.717, 1.165) is 32.5 Å². The second kappa shape index (κ2) is 6.21. The van der Waals surface area contributed by atoms with Gasteiger partial charge in [0.15, 0.2) is 0 Å². The summed E-state index contributed by atoms with van der Waals surface area (Å²) in [7, 11) is 0. The van der Waals surface area contributed by atoms with Gasteiger partial charge in [-0.05, 0) is 29.5 Å². The monoisotopic (exact) mass is 266 g/mol. The molecule has 20 heavy (non-hydrogen) atoms. The van der Waals surface area contributed by atoms with Gasteiger partial charge < -0.3 is 5.73 Å². The Balaban J connectivity index is 1.72. The predicted octanol–water partition coefficient (Wildman–Crippen LogP) is 2.61. The van der Waals surface area contributed by atoms with Crippen molar-refractivity contribution in [3.05, 3.63) is 71.3 Å². The molecule has 104 valence electrons. The van der Waals surface area contributed by atoms with Crippen molar-refractivity contribution in [1.82, 2.24) is 4.90 Å². The highest BCUT2D eigenvalue weighted by Gasteiger charge is 2.22. The maximum Gasteiger partial charge on any atom is 0.0262 e. The van der Waals surface area contributed by atoms with Gasteiger partial charge in [-0.1, -0.05) is 54.6 Å². The van der Waals surface area contributed by atoms with Crippen LogP contribution in [-0.2, 0) is 19.4 Å². The number of fused-ring (bicyclic) bond motifs is 1. The Morgan fingerprint density at radius 2 is 1.65 bits per heavy atom. The maximum atomic E-state index is 6.03. The second-order valence-electron chi connectivity index (χ2n) is 5.57. The molecule has 0 spiro atoms. The van der Waals surface area contributed by atoms with Gasteiger partial charge in [-0.15, -0.1) is 0 Å². The standard InChI is InChI=1S/C18H22N2/c19-13-18(12-15-6-2-1-3-7-15)20-11-10-16-8-4-5-9-17(16)14-20/h1-9,18H,10-14,19H2. The lowest BCUT2D eigenvalue weighted by atomic mass is 9.96. The number of hydrogen-bond donors (Lipinski definition) is 1. The number of nitrogens with two attached hydrogens (primary N) is 1. The summed E-state index contributed by atoms with van der Waals surface area (Å²) in [5.74, 6) is 0. The molecule has 1 aliphatic rings. The molecule has 1 atom stereocenters. The first-order chi connectivity index (χ1) is 9.86. The summed E-state index contributed by atoms with van der Waals surface area (Å²) in [6.07, 6.45) is 2.18. The lowest BCUT2D eigenvalue weighted by Gasteiger charge is -2.35. The Kier molecular flexibility index (Phi) is 4.14. The van der Waals surface area contributed by atoms with Crippen LogP contribution in [0.3, 0.4) is 0 Å². The molecule has 2 N–H and O–H groups in total. The molecule has 3 rings (SSSR count). The Bertz CT molecular complexity index is 550. The van der Waals surface area contributed by atoms with Crippen LogP contribution in [0, 0.1) is 0 Å². The summed E-state index contributed by atoms with van der Waals surface area (Å²) in [6, 6.07) is 19.9. The number of benzene rings is 2. The van der Waals surface area contributed by atoms with Gasteiger partial charge in [0, 0.05) is 25.7 Å². The zero-order chi connectivity index (χ0) is 13.8. The van der Waals surface area contributed by atoms with Gasteiger partial charge in [-0.2, -0.15) is 0 Å². The summed E-state index contributed by atoms with van der Waals surface area (Å²) in [5, 5.41) is 0. The molecular weight excluding hydrogens is 244 g/mol. The van der Waals surface area contributed by atoms with Crippen molar-refractivity contribution in [3.8, 4) is 0 Å². The Morgan fingerprint density at radius 3 is 2.40 bits per heavy atom. The summed E-state index contributed by atoms with van der Waals surface area (Å²) in [5.41, 5.74) is 10.4. The number of nitrogens with zero attached hydrogens (tertiary/aromatic N) is 1. The molecule has 1 unspecified atom stereocenters. The second-order valence-corrected chi connectivity index (χ2v) is 5.57. The van der Waals surface area contributed by atoms with Gasteiger partial charge in [-0.3, -0.25) is 4.90 Å². The van der Waals surface area contributed by atoms with Crippen LogP contribution in [0.1, 0.15) is 16.7 Å². The van der Waals surface area contributed by atoms with Gasteiger partial charge in [0.25, 0.3) is 0 Å². The minimum Gasteiger partial charge on any atom is -0.329 e. The van der Waals surface area contributed by atoms with E-state index in [0.29, 0.717) is 6.04 Å². The smallest absolute Gasteiger partial charge is 0.0262 e. The minimum atomic E-state index is 0.436. The van der Waals surface area contributed by atoms with Gasteiger partial charge in [-0.25, -0.2) is 0 Å². The molecular formula is C18H22N2. The molecule has 2 nitrogen and oxygen atoms in total. The van der Waals surface area contributed by atoms with Crippen LogP contribution in [0.4, 0.5) is 0 Å². The number of hydrogen-bond acceptors (Lipinski definition) is 2. The highest BCUT2D eigenvalue weighted by atomic mass is 15.2. The van der Waals surface area contributed by atoms with Crippen LogP contribution in [-0.4, -0.2) is 24.0 Å². The van der Waals surface area contributed by atoms with Crippen molar-refractivity contribution in [1.29, 1.82) is 0 Å². The van der Waals surface area contributed by atoms with Crippen LogP contribution in [0.2, 0.25) is 0 Å². The van der Waals surface area contributed by atoms with Gasteiger partial charge in [0.1, 0.15) is 0 Å². The van der Waals surface area contributed by atoms with E-state index in [4.69, 9.17) is 5.73 Å². The highest BCUT2D eigenvalue weighted by Crippen LogP contribution is 2.21. The summed E-state index contributed by atoms with van der Waals surface area (Å²) in [6.45, 7) is 2.87. The molecule has 0 amide bonds. The minimum absolute atomic E-state index is 0.436. The van der Waals surface area contributed by atoms with Crippen LogP contribution >= 0.6 is 0 Å². The van der Waals surface area contributed by atoms with E-state index < -0.39 is 0 Å². The topological polar surface area (TPSA) is 29.3 Å². The first kappa shape index (κ1) is 13.3. The third kappa shape index (κ3) is 2.92. The average molecular weight is 266 g/mol. The number of rotatable bonds is 4. The Hall–Kier alpha value is -1.64. The molecule has 0 aromatic heterocycles. The van der Waals surface area contributed by atoms with E-state index in [1.807, 2.05) is 0 Å². The Labute approximate surface area is 121 Å². The van der Waals surface area contributed by atoms with Crippen LogP contribution in [0.25, 0.3) is 0 Å². The van der Waals surface area contributed by atoms with Gasteiger partial charge in [0.2, 0.25) is 0 Å². The van der Waals surface area contributed by atoms with E-state index in [2.05, 4.69) is 59.5 Å². The summed E-state index contributed by atoms with van der Waals surface area (Å²) < 4.78 is 0. The lowest BCUT2D eigenvalue weighted by molar-refractivity contribution is 0.181. The fourth-order valence-electron chi connectivity index (χ4n) is 3.08. The van der Waals surface area contributed by atoms with E-state index in [-0.39, 0.29) is 0 Å². The largest absolute Gasteiger partial charge is 0.329 e. The third-order valence-corrected chi connectivity index (χ3v) is 4.26. The fourth-order valence-corrected chi connectivity index (χ4v) is 3.08. The zero-order valence-corrected chi connectivity index (χ0v) is 11.8. The lowest BCUT2D eigenvalue weighted by Crippen LogP contribution is -2.44.